The third-order valence-corrected chi connectivity index (χ3v) is 5.02. The summed E-state index contributed by atoms with van der Waals surface area (Å²) in [6.45, 7) is 5.05. The van der Waals surface area contributed by atoms with Crippen LogP contribution >= 0.6 is 0 Å². The number of nitriles is 1. The maximum absolute atomic E-state index is 10.8. The fourth-order valence-electron chi connectivity index (χ4n) is 3.22. The maximum atomic E-state index is 10.8. The number of methoxy groups -OCH3 is 1. The second-order valence-corrected chi connectivity index (χ2v) is 7.15. The normalized spacial score (nSPS) is 14.5. The van der Waals surface area contributed by atoms with Crippen LogP contribution in [0.5, 0.6) is 5.75 Å². The van der Waals surface area contributed by atoms with Gasteiger partial charge in [-0.05, 0) is 31.4 Å². The minimum atomic E-state index is -0.153. The number of primary amides is 1. The van der Waals surface area contributed by atoms with E-state index >= 15 is 0 Å². The van der Waals surface area contributed by atoms with Crippen molar-refractivity contribution in [3.8, 4) is 22.9 Å². The number of nitrogens with zero attached hydrogens (tertiary/aromatic N) is 1. The van der Waals surface area contributed by atoms with E-state index in [9.17, 15) is 4.79 Å². The van der Waals surface area contributed by atoms with Crippen molar-refractivity contribution in [2.45, 2.75) is 38.5 Å². The Kier molecular flexibility index (Phi) is 21.4. The van der Waals surface area contributed by atoms with E-state index in [1.165, 1.54) is 18.4 Å². The number of nitrogens with one attached hydrogen (secondary N) is 1. The van der Waals surface area contributed by atoms with Crippen molar-refractivity contribution in [1.82, 2.24) is 5.32 Å². The molecule has 2 aromatic rings. The van der Waals surface area contributed by atoms with Crippen molar-refractivity contribution in [1.29, 1.82) is 5.26 Å². The van der Waals surface area contributed by atoms with Crippen LogP contribution in [0.3, 0.4) is 0 Å². The molecule has 3 N–H and O–H groups in total. The molecule has 0 aromatic heterocycles. The molecule has 1 amide bonds. The van der Waals surface area contributed by atoms with Crippen LogP contribution in [0.2, 0.25) is 0 Å². The summed E-state index contributed by atoms with van der Waals surface area (Å²) in [6.07, 6.45) is 5.93. The molecule has 0 radical (unpaired) electrons. The van der Waals surface area contributed by atoms with Gasteiger partial charge in [0.1, 0.15) is 0 Å². The molecular formula is C26H34KN3O3-2. The van der Waals surface area contributed by atoms with Gasteiger partial charge in [-0.2, -0.15) is 17.4 Å². The van der Waals surface area contributed by atoms with Gasteiger partial charge < -0.3 is 28.0 Å². The first-order valence-electron chi connectivity index (χ1n) is 10.4. The molecule has 33 heavy (non-hydrogen) atoms. The van der Waals surface area contributed by atoms with E-state index < -0.39 is 0 Å². The van der Waals surface area contributed by atoms with Gasteiger partial charge in [0.2, 0.25) is 5.91 Å². The fourth-order valence-corrected chi connectivity index (χ4v) is 3.22. The molecule has 0 aliphatic carbocycles. The van der Waals surface area contributed by atoms with Gasteiger partial charge in [0.25, 0.3) is 0 Å². The molecule has 1 aliphatic heterocycles. The Morgan fingerprint density at radius 3 is 2.39 bits per heavy atom. The first-order valence-corrected chi connectivity index (χ1v) is 10.4. The minimum Gasteiger partial charge on any atom is -0.545 e. The van der Waals surface area contributed by atoms with E-state index in [-0.39, 0.29) is 70.6 Å². The number of carbonyl (C=O) groups excluding carboxylic acids is 2. The topological polar surface area (TPSA) is 105 Å². The zero-order chi connectivity index (χ0) is 22.9. The Labute approximate surface area is 241 Å². The van der Waals surface area contributed by atoms with E-state index in [0.717, 1.165) is 49.2 Å². The average Bonchev–Trinajstić information content (AvgIpc) is 2.79. The third kappa shape index (κ3) is 13.7. The van der Waals surface area contributed by atoms with Crippen molar-refractivity contribution in [3.05, 3.63) is 61.5 Å². The summed E-state index contributed by atoms with van der Waals surface area (Å²) in [7, 11) is 1.63. The smallest absolute Gasteiger partial charge is 0.545 e. The summed E-state index contributed by atoms with van der Waals surface area (Å²) < 4.78 is 5.08. The number of amides is 1. The number of ether oxygens (including phenoxy) is 1. The monoisotopic (exact) mass is 475 g/mol. The van der Waals surface area contributed by atoms with E-state index in [0.29, 0.717) is 6.42 Å². The van der Waals surface area contributed by atoms with E-state index in [4.69, 9.17) is 20.5 Å². The Morgan fingerprint density at radius 1 is 1.18 bits per heavy atom. The van der Waals surface area contributed by atoms with E-state index in [2.05, 4.69) is 48.5 Å². The molecule has 174 valence electrons. The molecule has 7 heteroatoms. The standard InChI is InChI=1S/C16H14NO.C8H16N2O.CHO.CH3.K/c1-18-16-10-8-15(9-11-16)14-6-4-13(5-7-14)3-2-12-17;9-8(11)7-4-2-1-3-5-10-6-7;1-2;;/h4-10H,2-3H2,1H3;7,10H,1-6H2,(H2,9,11);1H;1H3;/q-1;;2*-1;+1. The van der Waals surface area contributed by atoms with Crippen molar-refractivity contribution >= 4 is 12.7 Å². The van der Waals surface area contributed by atoms with Crippen LogP contribution in [0.4, 0.5) is 0 Å². The van der Waals surface area contributed by atoms with Crippen LogP contribution in [0.1, 0.15) is 37.7 Å². The summed E-state index contributed by atoms with van der Waals surface area (Å²) in [5.74, 6) is 0.652. The van der Waals surface area contributed by atoms with Crippen LogP contribution in [-0.2, 0) is 16.0 Å². The van der Waals surface area contributed by atoms with Crippen molar-refractivity contribution in [3.63, 3.8) is 0 Å². The van der Waals surface area contributed by atoms with Crippen molar-refractivity contribution in [2.24, 2.45) is 11.7 Å². The molecular weight excluding hydrogens is 441 g/mol. The number of nitrogens with two attached hydrogens (primary N) is 1. The van der Waals surface area contributed by atoms with Gasteiger partial charge in [-0.15, -0.1) is 17.7 Å². The number of benzene rings is 2. The van der Waals surface area contributed by atoms with Gasteiger partial charge >= 0.3 is 51.4 Å². The van der Waals surface area contributed by atoms with Crippen LogP contribution in [0, 0.1) is 30.7 Å². The van der Waals surface area contributed by atoms with Gasteiger partial charge in [-0.1, -0.05) is 42.7 Å². The molecule has 3 rings (SSSR count). The number of rotatable bonds is 5. The molecule has 0 spiro atoms. The fraction of sp³-hybridized carbons (Fsp3) is 0.385. The first kappa shape index (κ1) is 33.6. The largest absolute Gasteiger partial charge is 1.00 e. The third-order valence-electron chi connectivity index (χ3n) is 5.02. The van der Waals surface area contributed by atoms with Gasteiger partial charge in [-0.3, -0.25) is 11.6 Å². The van der Waals surface area contributed by atoms with Crippen LogP contribution in [-0.4, -0.2) is 32.9 Å². The van der Waals surface area contributed by atoms with E-state index in [1.807, 2.05) is 18.2 Å². The average molecular weight is 476 g/mol. The first-order chi connectivity index (χ1) is 15.1. The quantitative estimate of drug-likeness (QED) is 0.382. The predicted molar refractivity (Wildman–Crippen MR) is 128 cm³/mol. The molecule has 1 aliphatic rings. The number of aryl methyl sites for hydroxylation is 1. The Balaban J connectivity index is 0. The zero-order valence-electron chi connectivity index (χ0n) is 20.1. The number of hydrogen-bond acceptors (Lipinski definition) is 5. The van der Waals surface area contributed by atoms with E-state index in [1.54, 1.807) is 7.11 Å². The van der Waals surface area contributed by atoms with Crippen LogP contribution in [0.25, 0.3) is 11.1 Å². The maximum Gasteiger partial charge on any atom is 1.00 e. The molecule has 1 unspecified atom stereocenters. The Bertz CT molecular complexity index is 797. The van der Waals surface area contributed by atoms with Crippen molar-refractivity contribution < 1.29 is 65.7 Å². The zero-order valence-corrected chi connectivity index (χ0v) is 23.2. The number of carbonyl (C=O) groups is 1. The summed E-state index contributed by atoms with van der Waals surface area (Å²) in [6, 6.07) is 19.3. The van der Waals surface area contributed by atoms with Gasteiger partial charge in [0.15, 0.2) is 0 Å². The van der Waals surface area contributed by atoms with Gasteiger partial charge in [-0.25, -0.2) is 0 Å². The predicted octanol–water partition coefficient (Wildman–Crippen LogP) is 1.05. The molecule has 6 nitrogen and oxygen atoms in total. The number of hydrogen-bond donors (Lipinski definition) is 2. The minimum absolute atomic E-state index is 0. The van der Waals surface area contributed by atoms with Gasteiger partial charge in [0.05, 0.1) is 19.1 Å². The van der Waals surface area contributed by atoms with Gasteiger partial charge in [0, 0.05) is 18.7 Å². The molecule has 1 heterocycles. The molecule has 1 atom stereocenters. The molecule has 0 bridgehead atoms. The second kappa shape index (κ2) is 21.0. The second-order valence-electron chi connectivity index (χ2n) is 7.15. The summed E-state index contributed by atoms with van der Waals surface area (Å²) >= 11 is 0. The summed E-state index contributed by atoms with van der Waals surface area (Å²) in [4.78, 5) is 18.6. The van der Waals surface area contributed by atoms with Crippen molar-refractivity contribution in [2.75, 3.05) is 20.2 Å². The summed E-state index contributed by atoms with van der Waals surface area (Å²) in [5, 5.41) is 11.8. The molecule has 2 aromatic carbocycles. The molecule has 1 fully saturated rings. The molecule has 0 saturated carbocycles. The Morgan fingerprint density at radius 2 is 1.85 bits per heavy atom. The Hall–Kier alpha value is -1.53. The SMILES string of the molecule is COc1[c-]cc(-c2ccc(CCC#N)cc2)cc1.NC(=O)C1CCCCCNC1.[CH-]=O.[CH3-].[K+]. The summed E-state index contributed by atoms with van der Waals surface area (Å²) in [5.41, 5.74) is 8.66. The molecule has 1 saturated heterocycles. The van der Waals surface area contributed by atoms with Crippen LogP contribution < -0.4 is 67.2 Å². The van der Waals surface area contributed by atoms with Crippen LogP contribution in [0.15, 0.2) is 42.5 Å².